The summed E-state index contributed by atoms with van der Waals surface area (Å²) in [7, 11) is 0. The number of carbonyl (C=O) groups is 1. The number of rotatable bonds is 6. The molecule has 0 radical (unpaired) electrons. The number of esters is 1. The molecule has 0 fully saturated rings. The summed E-state index contributed by atoms with van der Waals surface area (Å²) in [5, 5.41) is 9.70. The number of ether oxygens (including phenoxy) is 2. The largest absolute Gasteiger partial charge is 0.489 e. The topological polar surface area (TPSA) is 55.8 Å². The van der Waals surface area contributed by atoms with Crippen LogP contribution in [0.4, 0.5) is 0 Å². The predicted molar refractivity (Wildman–Crippen MR) is 68.3 cm³/mol. The van der Waals surface area contributed by atoms with E-state index in [0.717, 1.165) is 5.57 Å². The number of aliphatic hydroxyl groups is 1. The third-order valence-corrected chi connectivity index (χ3v) is 2.19. The summed E-state index contributed by atoms with van der Waals surface area (Å²) in [4.78, 5) is 11.3. The van der Waals surface area contributed by atoms with Crippen LogP contribution in [-0.2, 0) is 9.53 Å². The maximum Gasteiger partial charge on any atom is 0.339 e. The first-order chi connectivity index (χ1) is 8.54. The highest BCUT2D eigenvalue weighted by molar-refractivity contribution is 5.76. The van der Waals surface area contributed by atoms with Crippen molar-refractivity contribution in [1.82, 2.24) is 0 Å². The first kappa shape index (κ1) is 14.3. The highest BCUT2D eigenvalue weighted by atomic mass is 16.5. The van der Waals surface area contributed by atoms with Gasteiger partial charge >= 0.3 is 5.97 Å². The highest BCUT2D eigenvalue weighted by Crippen LogP contribution is 2.19. The smallest absolute Gasteiger partial charge is 0.339 e. The lowest BCUT2D eigenvalue weighted by molar-refractivity contribution is -0.153. The number of benzene rings is 1. The van der Waals surface area contributed by atoms with Gasteiger partial charge in [0, 0.05) is 0 Å². The number of hydrogen-bond donors (Lipinski definition) is 1. The van der Waals surface area contributed by atoms with Crippen molar-refractivity contribution in [1.29, 1.82) is 0 Å². The molecular formula is C14H18O4. The molecule has 1 unspecified atom stereocenters. The highest BCUT2D eigenvalue weighted by Gasteiger charge is 2.18. The lowest BCUT2D eigenvalue weighted by atomic mass is 10.1. The Hall–Kier alpha value is -1.81. The second kappa shape index (κ2) is 6.81. The van der Waals surface area contributed by atoms with Gasteiger partial charge < -0.3 is 14.6 Å². The van der Waals surface area contributed by atoms with E-state index in [2.05, 4.69) is 6.58 Å². The van der Waals surface area contributed by atoms with Crippen molar-refractivity contribution in [3.63, 3.8) is 0 Å². The van der Waals surface area contributed by atoms with Gasteiger partial charge in [0.05, 0.1) is 6.61 Å². The fourth-order valence-corrected chi connectivity index (χ4v) is 1.31. The van der Waals surface area contributed by atoms with Crippen LogP contribution in [0.5, 0.6) is 5.75 Å². The number of carbonyl (C=O) groups excluding carboxylic acids is 1. The van der Waals surface area contributed by atoms with Gasteiger partial charge in [0.25, 0.3) is 0 Å². The minimum absolute atomic E-state index is 0.246. The zero-order valence-corrected chi connectivity index (χ0v) is 10.7. The van der Waals surface area contributed by atoms with Crippen molar-refractivity contribution in [3.05, 3.63) is 42.0 Å². The van der Waals surface area contributed by atoms with E-state index in [9.17, 15) is 9.90 Å². The first-order valence-electron chi connectivity index (χ1n) is 5.76. The maximum atomic E-state index is 11.3. The summed E-state index contributed by atoms with van der Waals surface area (Å²) in [5.74, 6) is 0.0194. The molecule has 1 aromatic carbocycles. The average molecular weight is 250 g/mol. The van der Waals surface area contributed by atoms with Crippen molar-refractivity contribution in [2.45, 2.75) is 20.0 Å². The van der Waals surface area contributed by atoms with Crippen molar-refractivity contribution in [3.8, 4) is 5.75 Å². The van der Waals surface area contributed by atoms with Crippen LogP contribution in [0.2, 0.25) is 0 Å². The Bertz CT molecular complexity index is 408. The van der Waals surface area contributed by atoms with Crippen molar-refractivity contribution in [2.75, 3.05) is 13.2 Å². The van der Waals surface area contributed by atoms with E-state index in [-0.39, 0.29) is 6.61 Å². The molecule has 98 valence electrons. The molecule has 0 aliphatic carbocycles. The summed E-state index contributed by atoms with van der Waals surface area (Å²) < 4.78 is 10.1. The molecule has 0 aliphatic rings. The molecule has 0 bridgehead atoms. The van der Waals surface area contributed by atoms with Crippen molar-refractivity contribution < 1.29 is 19.4 Å². The summed E-state index contributed by atoms with van der Waals surface area (Å²) >= 11 is 0. The number of aliphatic hydroxyl groups excluding tert-OH is 1. The molecule has 0 spiro atoms. The molecule has 4 nitrogen and oxygen atoms in total. The van der Waals surface area contributed by atoms with Gasteiger partial charge in [-0.25, -0.2) is 4.79 Å². The van der Waals surface area contributed by atoms with E-state index in [1.807, 2.05) is 6.92 Å². The van der Waals surface area contributed by atoms with Crippen LogP contribution in [-0.4, -0.2) is 24.3 Å². The average Bonchev–Trinajstić information content (AvgIpc) is 2.36. The number of hydrogen-bond acceptors (Lipinski definition) is 4. The van der Waals surface area contributed by atoms with Gasteiger partial charge in [-0.3, -0.25) is 0 Å². The van der Waals surface area contributed by atoms with E-state index in [1.165, 1.54) is 0 Å². The van der Waals surface area contributed by atoms with Gasteiger partial charge in [-0.05, 0) is 37.1 Å². The van der Waals surface area contributed by atoms with Gasteiger partial charge in [0.2, 0.25) is 0 Å². The molecule has 4 heteroatoms. The van der Waals surface area contributed by atoms with Crippen LogP contribution < -0.4 is 4.74 Å². The molecule has 1 atom stereocenters. The van der Waals surface area contributed by atoms with Crippen LogP contribution in [0.1, 0.15) is 25.5 Å². The SMILES string of the molecule is C=C(C)COc1ccc(C(O)C(=O)OCC)cc1. The van der Waals surface area contributed by atoms with Crippen LogP contribution in [0.25, 0.3) is 0 Å². The molecule has 0 aromatic heterocycles. The molecule has 0 aliphatic heterocycles. The van der Waals surface area contributed by atoms with Gasteiger partial charge in [0.1, 0.15) is 12.4 Å². The first-order valence-corrected chi connectivity index (χ1v) is 5.76. The van der Waals surface area contributed by atoms with E-state index >= 15 is 0 Å². The Balaban J connectivity index is 2.64. The third kappa shape index (κ3) is 4.22. The second-order valence-corrected chi connectivity index (χ2v) is 3.97. The van der Waals surface area contributed by atoms with E-state index in [1.54, 1.807) is 31.2 Å². The summed E-state index contributed by atoms with van der Waals surface area (Å²) in [6.07, 6.45) is -1.25. The van der Waals surface area contributed by atoms with Crippen LogP contribution in [0.3, 0.4) is 0 Å². The quantitative estimate of drug-likeness (QED) is 0.621. The molecule has 1 aromatic rings. The lowest BCUT2D eigenvalue weighted by Crippen LogP contribution is -2.15. The molecule has 0 heterocycles. The van der Waals surface area contributed by atoms with E-state index < -0.39 is 12.1 Å². The zero-order valence-electron chi connectivity index (χ0n) is 10.7. The summed E-state index contributed by atoms with van der Waals surface area (Å²) in [6, 6.07) is 6.66. The van der Waals surface area contributed by atoms with Crippen LogP contribution >= 0.6 is 0 Å². The predicted octanol–water partition coefficient (Wildman–Crippen LogP) is 2.24. The molecule has 0 amide bonds. The second-order valence-electron chi connectivity index (χ2n) is 3.97. The molecule has 0 saturated heterocycles. The fourth-order valence-electron chi connectivity index (χ4n) is 1.31. The Morgan fingerprint density at radius 3 is 2.50 bits per heavy atom. The third-order valence-electron chi connectivity index (χ3n) is 2.19. The van der Waals surface area contributed by atoms with Crippen molar-refractivity contribution >= 4 is 5.97 Å². The molecule has 0 saturated carbocycles. The van der Waals surface area contributed by atoms with Crippen molar-refractivity contribution in [2.24, 2.45) is 0 Å². The van der Waals surface area contributed by atoms with E-state index in [0.29, 0.717) is 17.9 Å². The Morgan fingerprint density at radius 1 is 1.39 bits per heavy atom. The Labute approximate surface area is 107 Å². The normalized spacial score (nSPS) is 11.7. The standard InChI is InChI=1S/C14H18O4/c1-4-17-14(16)13(15)11-5-7-12(8-6-11)18-9-10(2)3/h5-8,13,15H,2,4,9H2,1,3H3. The zero-order chi connectivity index (χ0) is 13.5. The lowest BCUT2D eigenvalue weighted by Gasteiger charge is -2.11. The minimum atomic E-state index is -1.25. The molecule has 1 rings (SSSR count). The fraction of sp³-hybridized carbons (Fsp3) is 0.357. The van der Waals surface area contributed by atoms with Gasteiger partial charge in [-0.15, -0.1) is 0 Å². The van der Waals surface area contributed by atoms with Crippen LogP contribution in [0.15, 0.2) is 36.4 Å². The Morgan fingerprint density at radius 2 is 2.00 bits per heavy atom. The molecule has 1 N–H and O–H groups in total. The molecular weight excluding hydrogens is 232 g/mol. The Kier molecular flexibility index (Phi) is 5.39. The van der Waals surface area contributed by atoms with E-state index in [4.69, 9.17) is 9.47 Å². The monoisotopic (exact) mass is 250 g/mol. The van der Waals surface area contributed by atoms with Gasteiger partial charge in [0.15, 0.2) is 6.10 Å². The summed E-state index contributed by atoms with van der Waals surface area (Å²) in [6.45, 7) is 7.99. The van der Waals surface area contributed by atoms with Gasteiger partial charge in [-0.2, -0.15) is 0 Å². The maximum absolute atomic E-state index is 11.3. The molecule has 18 heavy (non-hydrogen) atoms. The minimum Gasteiger partial charge on any atom is -0.489 e. The van der Waals surface area contributed by atoms with Crippen LogP contribution in [0, 0.1) is 0 Å². The summed E-state index contributed by atoms with van der Waals surface area (Å²) in [5.41, 5.74) is 1.40. The van der Waals surface area contributed by atoms with Gasteiger partial charge in [-0.1, -0.05) is 18.7 Å².